The first-order valence-electron chi connectivity index (χ1n) is 4.00. The lowest BCUT2D eigenvalue weighted by Gasteiger charge is -2.25. The van der Waals surface area contributed by atoms with E-state index in [2.05, 4.69) is 0 Å². The van der Waals surface area contributed by atoms with Crippen LogP contribution < -0.4 is 5.73 Å². The van der Waals surface area contributed by atoms with Gasteiger partial charge in [-0.05, 0) is 30.7 Å². The molecule has 1 fully saturated rings. The first-order chi connectivity index (χ1) is 5.08. The van der Waals surface area contributed by atoms with Gasteiger partial charge < -0.3 is 10.8 Å². The normalized spacial score (nSPS) is 22.7. The zero-order chi connectivity index (χ0) is 8.48. The Balaban J connectivity index is 2.51. The van der Waals surface area contributed by atoms with Crippen LogP contribution in [0.3, 0.4) is 0 Å². The molecule has 1 aliphatic carbocycles. The lowest BCUT2D eigenvalue weighted by atomic mass is 9.82. The van der Waals surface area contributed by atoms with Crippen molar-refractivity contribution in [3.8, 4) is 0 Å². The minimum Gasteiger partial charge on any atom is -0.481 e. The van der Waals surface area contributed by atoms with E-state index in [1.165, 1.54) is 0 Å². The van der Waals surface area contributed by atoms with Gasteiger partial charge in [-0.2, -0.15) is 0 Å². The molecule has 3 N–H and O–H groups in total. The minimum atomic E-state index is -0.732. The summed E-state index contributed by atoms with van der Waals surface area (Å²) in [7, 11) is 0. The fraction of sp³-hybridized carbons (Fsp3) is 0.875. The molecular weight excluding hydrogens is 142 g/mol. The molecule has 3 nitrogen and oxygen atoms in total. The van der Waals surface area contributed by atoms with Crippen LogP contribution in [-0.2, 0) is 4.79 Å². The zero-order valence-electron chi connectivity index (χ0n) is 6.84. The van der Waals surface area contributed by atoms with E-state index in [1.807, 2.05) is 6.92 Å². The van der Waals surface area contributed by atoms with E-state index >= 15 is 0 Å². The Hall–Kier alpha value is -0.570. The lowest BCUT2D eigenvalue weighted by molar-refractivity contribution is -0.139. The molecule has 0 aliphatic heterocycles. The molecular formula is C8H15NO2. The highest BCUT2D eigenvalue weighted by Gasteiger charge is 2.41. The second-order valence-corrected chi connectivity index (χ2v) is 3.70. The predicted molar refractivity (Wildman–Crippen MR) is 42.1 cm³/mol. The molecule has 1 aliphatic rings. The minimum absolute atomic E-state index is 0.147. The van der Waals surface area contributed by atoms with E-state index in [-0.39, 0.29) is 11.8 Å². The van der Waals surface area contributed by atoms with Crippen molar-refractivity contribution in [2.75, 3.05) is 6.54 Å². The zero-order valence-corrected chi connectivity index (χ0v) is 6.84. The van der Waals surface area contributed by atoms with E-state index < -0.39 is 5.97 Å². The van der Waals surface area contributed by atoms with Crippen LogP contribution in [0.2, 0.25) is 0 Å². The highest BCUT2D eigenvalue weighted by Crippen LogP contribution is 2.46. The number of carbonyl (C=O) groups is 1. The topological polar surface area (TPSA) is 63.3 Å². The third-order valence-electron chi connectivity index (χ3n) is 2.58. The van der Waals surface area contributed by atoms with Crippen molar-refractivity contribution in [2.45, 2.75) is 26.2 Å². The summed E-state index contributed by atoms with van der Waals surface area (Å²) < 4.78 is 0. The van der Waals surface area contributed by atoms with Crippen molar-refractivity contribution in [1.82, 2.24) is 0 Å². The van der Waals surface area contributed by atoms with Crippen molar-refractivity contribution in [3.63, 3.8) is 0 Å². The van der Waals surface area contributed by atoms with Crippen molar-refractivity contribution in [3.05, 3.63) is 0 Å². The number of carboxylic acid groups (broad SMARTS) is 1. The number of carboxylic acids is 1. The fourth-order valence-corrected chi connectivity index (χ4v) is 1.51. The van der Waals surface area contributed by atoms with Crippen LogP contribution in [0.1, 0.15) is 26.2 Å². The first-order valence-corrected chi connectivity index (χ1v) is 4.00. The Kier molecular flexibility index (Phi) is 2.18. The lowest BCUT2D eigenvalue weighted by Crippen LogP contribution is -2.31. The average Bonchev–Trinajstić information content (AvgIpc) is 2.66. The van der Waals surface area contributed by atoms with Gasteiger partial charge in [0.1, 0.15) is 0 Å². The summed E-state index contributed by atoms with van der Waals surface area (Å²) in [6.45, 7) is 2.46. The van der Waals surface area contributed by atoms with Crippen LogP contribution in [0.4, 0.5) is 0 Å². The Bertz CT molecular complexity index is 165. The Morgan fingerprint density at radius 2 is 2.27 bits per heavy atom. The Morgan fingerprint density at radius 3 is 2.55 bits per heavy atom. The predicted octanol–water partition coefficient (Wildman–Crippen LogP) is 0.836. The molecule has 0 aromatic carbocycles. The van der Waals surface area contributed by atoms with Gasteiger partial charge in [0.05, 0.1) is 6.42 Å². The van der Waals surface area contributed by atoms with Crippen molar-refractivity contribution in [2.24, 2.45) is 17.1 Å². The summed E-state index contributed by atoms with van der Waals surface area (Å²) in [6.07, 6.45) is 2.52. The number of hydrogen-bond acceptors (Lipinski definition) is 2. The highest BCUT2D eigenvalue weighted by molar-refractivity contribution is 5.67. The standard InChI is InChI=1S/C8H15NO2/c1-8(5-9,4-7(10)11)6-2-3-6/h6H,2-5,9H2,1H3,(H,10,11). The molecule has 0 aromatic rings. The molecule has 0 spiro atoms. The molecule has 1 unspecified atom stereocenters. The van der Waals surface area contributed by atoms with Crippen molar-refractivity contribution in [1.29, 1.82) is 0 Å². The smallest absolute Gasteiger partial charge is 0.303 e. The third-order valence-corrected chi connectivity index (χ3v) is 2.58. The van der Waals surface area contributed by atoms with E-state index in [9.17, 15) is 4.79 Å². The molecule has 0 radical (unpaired) electrons. The molecule has 0 amide bonds. The molecule has 0 aromatic heterocycles. The second-order valence-electron chi connectivity index (χ2n) is 3.70. The number of hydrogen-bond donors (Lipinski definition) is 2. The summed E-state index contributed by atoms with van der Waals surface area (Å²) in [5.74, 6) is -0.173. The number of aliphatic carboxylic acids is 1. The fourth-order valence-electron chi connectivity index (χ4n) is 1.51. The summed E-state index contributed by atoms with van der Waals surface area (Å²) in [6, 6.07) is 0. The molecule has 1 saturated carbocycles. The van der Waals surface area contributed by atoms with Gasteiger partial charge in [-0.3, -0.25) is 4.79 Å². The average molecular weight is 157 g/mol. The van der Waals surface area contributed by atoms with Crippen LogP contribution >= 0.6 is 0 Å². The number of nitrogens with two attached hydrogens (primary N) is 1. The van der Waals surface area contributed by atoms with Gasteiger partial charge in [0.2, 0.25) is 0 Å². The van der Waals surface area contributed by atoms with E-state index in [4.69, 9.17) is 10.8 Å². The molecule has 3 heteroatoms. The Labute approximate surface area is 66.6 Å². The summed E-state index contributed by atoms with van der Waals surface area (Å²) in [5, 5.41) is 8.60. The van der Waals surface area contributed by atoms with E-state index in [0.29, 0.717) is 12.5 Å². The second kappa shape index (κ2) is 2.81. The monoisotopic (exact) mass is 157 g/mol. The van der Waals surface area contributed by atoms with Gasteiger partial charge in [-0.25, -0.2) is 0 Å². The van der Waals surface area contributed by atoms with Crippen molar-refractivity contribution >= 4 is 5.97 Å². The van der Waals surface area contributed by atoms with Gasteiger partial charge in [0.25, 0.3) is 0 Å². The molecule has 1 atom stereocenters. The maximum absolute atomic E-state index is 10.5. The third kappa shape index (κ3) is 1.93. The SMILES string of the molecule is CC(CN)(CC(=O)O)C1CC1. The Morgan fingerprint density at radius 1 is 1.73 bits per heavy atom. The first kappa shape index (κ1) is 8.53. The number of rotatable bonds is 4. The van der Waals surface area contributed by atoms with Crippen LogP contribution in [0.25, 0.3) is 0 Å². The maximum atomic E-state index is 10.5. The van der Waals surface area contributed by atoms with Crippen LogP contribution in [0.15, 0.2) is 0 Å². The highest BCUT2D eigenvalue weighted by atomic mass is 16.4. The molecule has 11 heavy (non-hydrogen) atoms. The van der Waals surface area contributed by atoms with Gasteiger partial charge in [-0.15, -0.1) is 0 Å². The molecule has 1 rings (SSSR count). The quantitative estimate of drug-likeness (QED) is 0.635. The van der Waals surface area contributed by atoms with Gasteiger partial charge in [0.15, 0.2) is 0 Å². The van der Waals surface area contributed by atoms with E-state index in [1.54, 1.807) is 0 Å². The van der Waals surface area contributed by atoms with E-state index in [0.717, 1.165) is 12.8 Å². The van der Waals surface area contributed by atoms with Crippen LogP contribution in [0.5, 0.6) is 0 Å². The molecule has 0 bridgehead atoms. The van der Waals surface area contributed by atoms with Gasteiger partial charge in [-0.1, -0.05) is 6.92 Å². The molecule has 64 valence electrons. The van der Waals surface area contributed by atoms with Crippen molar-refractivity contribution < 1.29 is 9.90 Å². The van der Waals surface area contributed by atoms with Gasteiger partial charge >= 0.3 is 5.97 Å². The van der Waals surface area contributed by atoms with Crippen LogP contribution in [-0.4, -0.2) is 17.6 Å². The summed E-state index contributed by atoms with van der Waals surface area (Å²) >= 11 is 0. The summed E-state index contributed by atoms with van der Waals surface area (Å²) in [4.78, 5) is 10.5. The summed E-state index contributed by atoms with van der Waals surface area (Å²) in [5.41, 5.74) is 5.39. The van der Waals surface area contributed by atoms with Crippen LogP contribution in [0, 0.1) is 11.3 Å². The maximum Gasteiger partial charge on any atom is 0.303 e. The largest absolute Gasteiger partial charge is 0.481 e. The molecule has 0 heterocycles. The van der Waals surface area contributed by atoms with Gasteiger partial charge in [0, 0.05) is 0 Å². The molecule has 0 saturated heterocycles.